The second-order valence-corrected chi connectivity index (χ2v) is 5.02. The van der Waals surface area contributed by atoms with E-state index >= 15 is 0 Å². The Labute approximate surface area is 105 Å². The van der Waals surface area contributed by atoms with E-state index in [1.165, 1.54) is 0 Å². The molecule has 0 radical (unpaired) electrons. The Hall–Kier alpha value is -0.610. The standard InChI is InChI=1S/C13H26N2O2/c1-5-11(3)15(6-7-17-4)13(16)12-9-14-8-10(12)2/h10-12,14H,5-9H2,1-4H3/t10-,11?,12-/m1/s1. The first kappa shape index (κ1) is 14.5. The number of carbonyl (C=O) groups is 1. The normalized spacial score (nSPS) is 25.9. The van der Waals surface area contributed by atoms with Crippen LogP contribution in [0.3, 0.4) is 0 Å². The van der Waals surface area contributed by atoms with Gasteiger partial charge in [-0.2, -0.15) is 0 Å². The molecule has 17 heavy (non-hydrogen) atoms. The Bertz CT molecular complexity index is 246. The van der Waals surface area contributed by atoms with Gasteiger partial charge in [0.1, 0.15) is 0 Å². The van der Waals surface area contributed by atoms with E-state index in [0.29, 0.717) is 25.1 Å². The molecule has 1 heterocycles. The Morgan fingerprint density at radius 1 is 1.53 bits per heavy atom. The van der Waals surface area contributed by atoms with Gasteiger partial charge < -0.3 is 15.0 Å². The fourth-order valence-electron chi connectivity index (χ4n) is 2.31. The lowest BCUT2D eigenvalue weighted by atomic mass is 9.96. The number of nitrogens with zero attached hydrogens (tertiary/aromatic N) is 1. The molecular formula is C13H26N2O2. The highest BCUT2D eigenvalue weighted by molar-refractivity contribution is 5.80. The van der Waals surface area contributed by atoms with E-state index in [2.05, 4.69) is 26.1 Å². The summed E-state index contributed by atoms with van der Waals surface area (Å²) < 4.78 is 5.10. The summed E-state index contributed by atoms with van der Waals surface area (Å²) in [5.74, 6) is 0.867. The van der Waals surface area contributed by atoms with Crippen molar-refractivity contribution in [3.8, 4) is 0 Å². The smallest absolute Gasteiger partial charge is 0.227 e. The zero-order valence-corrected chi connectivity index (χ0v) is 11.5. The van der Waals surface area contributed by atoms with Crippen LogP contribution in [0.1, 0.15) is 27.2 Å². The molecule has 100 valence electrons. The summed E-state index contributed by atoms with van der Waals surface area (Å²) in [6, 6.07) is 0.297. The second kappa shape index (κ2) is 6.97. The van der Waals surface area contributed by atoms with Crippen LogP contribution in [0.2, 0.25) is 0 Å². The fourth-order valence-corrected chi connectivity index (χ4v) is 2.31. The Morgan fingerprint density at radius 2 is 2.24 bits per heavy atom. The van der Waals surface area contributed by atoms with Crippen LogP contribution in [-0.2, 0) is 9.53 Å². The van der Waals surface area contributed by atoms with Gasteiger partial charge in [0.05, 0.1) is 12.5 Å². The summed E-state index contributed by atoms with van der Waals surface area (Å²) in [4.78, 5) is 14.5. The van der Waals surface area contributed by atoms with Crippen LogP contribution in [0.4, 0.5) is 0 Å². The second-order valence-electron chi connectivity index (χ2n) is 5.02. The van der Waals surface area contributed by atoms with Crippen molar-refractivity contribution < 1.29 is 9.53 Å². The zero-order valence-electron chi connectivity index (χ0n) is 11.5. The van der Waals surface area contributed by atoms with Crippen molar-refractivity contribution in [2.45, 2.75) is 33.2 Å². The number of ether oxygens (including phenoxy) is 1. The summed E-state index contributed by atoms with van der Waals surface area (Å²) in [5, 5.41) is 3.29. The number of amides is 1. The molecule has 1 saturated heterocycles. The molecule has 0 saturated carbocycles. The van der Waals surface area contributed by atoms with Crippen LogP contribution >= 0.6 is 0 Å². The number of rotatable bonds is 6. The minimum absolute atomic E-state index is 0.140. The molecule has 1 rings (SSSR count). The summed E-state index contributed by atoms with van der Waals surface area (Å²) in [7, 11) is 1.68. The van der Waals surface area contributed by atoms with E-state index in [0.717, 1.165) is 19.5 Å². The van der Waals surface area contributed by atoms with E-state index in [4.69, 9.17) is 4.74 Å². The van der Waals surface area contributed by atoms with E-state index in [1.807, 2.05) is 4.90 Å². The molecule has 4 nitrogen and oxygen atoms in total. The monoisotopic (exact) mass is 242 g/mol. The van der Waals surface area contributed by atoms with Gasteiger partial charge in [0.25, 0.3) is 0 Å². The third-order valence-corrected chi connectivity index (χ3v) is 3.78. The van der Waals surface area contributed by atoms with Crippen LogP contribution in [0, 0.1) is 11.8 Å². The van der Waals surface area contributed by atoms with Crippen molar-refractivity contribution in [3.05, 3.63) is 0 Å². The predicted octanol–water partition coefficient (Wildman–Crippen LogP) is 1.12. The highest BCUT2D eigenvalue weighted by atomic mass is 16.5. The molecule has 0 spiro atoms. The van der Waals surface area contributed by atoms with Crippen LogP contribution in [0.5, 0.6) is 0 Å². The molecule has 0 bridgehead atoms. The first-order valence-corrected chi connectivity index (χ1v) is 6.61. The van der Waals surface area contributed by atoms with Gasteiger partial charge in [-0.05, 0) is 25.8 Å². The number of hydrogen-bond acceptors (Lipinski definition) is 3. The molecule has 1 aliphatic heterocycles. The summed E-state index contributed by atoms with van der Waals surface area (Å²) in [6.07, 6.45) is 0.990. The highest BCUT2D eigenvalue weighted by Gasteiger charge is 2.33. The van der Waals surface area contributed by atoms with E-state index in [9.17, 15) is 4.79 Å². The van der Waals surface area contributed by atoms with Crippen LogP contribution in [-0.4, -0.2) is 50.2 Å². The predicted molar refractivity (Wildman–Crippen MR) is 68.9 cm³/mol. The van der Waals surface area contributed by atoms with Crippen molar-refractivity contribution in [1.82, 2.24) is 10.2 Å². The van der Waals surface area contributed by atoms with Gasteiger partial charge >= 0.3 is 0 Å². The number of hydrogen-bond donors (Lipinski definition) is 1. The maximum Gasteiger partial charge on any atom is 0.227 e. The summed E-state index contributed by atoms with van der Waals surface area (Å²) in [6.45, 7) is 9.47. The van der Waals surface area contributed by atoms with Crippen LogP contribution in [0.25, 0.3) is 0 Å². The number of nitrogens with one attached hydrogen (secondary N) is 1. The highest BCUT2D eigenvalue weighted by Crippen LogP contribution is 2.20. The van der Waals surface area contributed by atoms with Crippen molar-refractivity contribution in [2.75, 3.05) is 33.4 Å². The Kier molecular flexibility index (Phi) is 5.92. The minimum Gasteiger partial charge on any atom is -0.383 e. The third-order valence-electron chi connectivity index (χ3n) is 3.78. The first-order chi connectivity index (χ1) is 8.11. The zero-order chi connectivity index (χ0) is 12.8. The molecular weight excluding hydrogens is 216 g/mol. The maximum atomic E-state index is 12.5. The van der Waals surface area contributed by atoms with Crippen molar-refractivity contribution in [1.29, 1.82) is 0 Å². The molecule has 1 unspecified atom stereocenters. The molecule has 0 aliphatic carbocycles. The van der Waals surface area contributed by atoms with Crippen LogP contribution in [0.15, 0.2) is 0 Å². The number of carbonyl (C=O) groups excluding carboxylic acids is 1. The first-order valence-electron chi connectivity index (χ1n) is 6.61. The minimum atomic E-state index is 0.140. The van der Waals surface area contributed by atoms with Crippen LogP contribution < -0.4 is 5.32 Å². The summed E-state index contributed by atoms with van der Waals surface area (Å²) in [5.41, 5.74) is 0. The van der Waals surface area contributed by atoms with E-state index in [1.54, 1.807) is 7.11 Å². The lowest BCUT2D eigenvalue weighted by Gasteiger charge is -2.31. The number of methoxy groups -OCH3 is 1. The van der Waals surface area contributed by atoms with E-state index < -0.39 is 0 Å². The SMILES string of the molecule is CCC(C)N(CCOC)C(=O)[C@@H]1CNC[C@H]1C. The molecule has 1 aliphatic rings. The van der Waals surface area contributed by atoms with Gasteiger partial charge in [0.15, 0.2) is 0 Å². The summed E-state index contributed by atoms with van der Waals surface area (Å²) >= 11 is 0. The molecule has 4 heteroatoms. The molecule has 1 amide bonds. The molecule has 0 aromatic heterocycles. The quantitative estimate of drug-likeness (QED) is 0.759. The van der Waals surface area contributed by atoms with Gasteiger partial charge in [0.2, 0.25) is 5.91 Å². The van der Waals surface area contributed by atoms with E-state index in [-0.39, 0.29) is 11.8 Å². The molecule has 1 N–H and O–H groups in total. The van der Waals surface area contributed by atoms with Gasteiger partial charge in [0, 0.05) is 26.2 Å². The van der Waals surface area contributed by atoms with Gasteiger partial charge in [-0.15, -0.1) is 0 Å². The lowest BCUT2D eigenvalue weighted by Crippen LogP contribution is -2.45. The molecule has 1 fully saturated rings. The van der Waals surface area contributed by atoms with Gasteiger partial charge in [-0.3, -0.25) is 4.79 Å². The van der Waals surface area contributed by atoms with Gasteiger partial charge in [-0.1, -0.05) is 13.8 Å². The van der Waals surface area contributed by atoms with Gasteiger partial charge in [-0.25, -0.2) is 0 Å². The molecule has 3 atom stereocenters. The van der Waals surface area contributed by atoms with Crippen molar-refractivity contribution in [3.63, 3.8) is 0 Å². The Morgan fingerprint density at radius 3 is 2.71 bits per heavy atom. The lowest BCUT2D eigenvalue weighted by molar-refractivity contribution is -0.138. The fraction of sp³-hybridized carbons (Fsp3) is 0.923. The molecule has 0 aromatic rings. The maximum absolute atomic E-state index is 12.5. The van der Waals surface area contributed by atoms with Crippen molar-refractivity contribution in [2.24, 2.45) is 11.8 Å². The average molecular weight is 242 g/mol. The van der Waals surface area contributed by atoms with Crippen molar-refractivity contribution >= 4 is 5.91 Å². The average Bonchev–Trinajstić information content (AvgIpc) is 2.75. The third kappa shape index (κ3) is 3.68. The largest absolute Gasteiger partial charge is 0.383 e. The Balaban J connectivity index is 2.64. The topological polar surface area (TPSA) is 41.6 Å². The molecule has 0 aromatic carbocycles.